The van der Waals surface area contributed by atoms with Gasteiger partial charge in [0.25, 0.3) is 0 Å². The molecule has 5 rings (SSSR count). The van der Waals surface area contributed by atoms with Crippen molar-refractivity contribution in [1.29, 1.82) is 0 Å². The van der Waals surface area contributed by atoms with Gasteiger partial charge in [0.05, 0.1) is 30.0 Å². The van der Waals surface area contributed by atoms with Gasteiger partial charge >= 0.3 is 0 Å². The summed E-state index contributed by atoms with van der Waals surface area (Å²) < 4.78 is 7.61. The molecule has 0 unspecified atom stereocenters. The molecule has 0 N–H and O–H groups in total. The first-order chi connectivity index (χ1) is 16.3. The summed E-state index contributed by atoms with van der Waals surface area (Å²) >= 11 is 0. The quantitative estimate of drug-likeness (QED) is 0.412. The number of hydrogen-bond acceptors (Lipinski definition) is 4. The summed E-state index contributed by atoms with van der Waals surface area (Å²) in [6, 6.07) is 28.2. The molecule has 3 aromatic carbocycles. The zero-order valence-corrected chi connectivity index (χ0v) is 19.3. The first-order valence-corrected chi connectivity index (χ1v) is 11.9. The fraction of sp³-hybridized carbons (Fsp3) is 0.321. The molecule has 170 valence electrons. The number of methoxy groups -OCH3 is 1. The van der Waals surface area contributed by atoms with Gasteiger partial charge in [-0.15, -0.1) is 0 Å². The van der Waals surface area contributed by atoms with Crippen LogP contribution in [0.4, 0.5) is 5.69 Å². The molecule has 0 bridgehead atoms. The molecule has 1 fully saturated rings. The minimum atomic E-state index is 0.0846. The molecule has 0 atom stereocenters. The van der Waals surface area contributed by atoms with Crippen LogP contribution in [0.15, 0.2) is 85.2 Å². The lowest BCUT2D eigenvalue weighted by Crippen LogP contribution is -2.32. The molecular formula is C28H32N4O. The van der Waals surface area contributed by atoms with Crippen molar-refractivity contribution < 1.29 is 4.74 Å². The van der Waals surface area contributed by atoms with Gasteiger partial charge in [-0.05, 0) is 42.3 Å². The van der Waals surface area contributed by atoms with Crippen molar-refractivity contribution >= 4 is 16.7 Å². The highest BCUT2D eigenvalue weighted by Gasteiger charge is 2.20. The van der Waals surface area contributed by atoms with Gasteiger partial charge in [0.2, 0.25) is 0 Å². The van der Waals surface area contributed by atoms with E-state index in [1.807, 2.05) is 6.33 Å². The number of anilines is 1. The van der Waals surface area contributed by atoms with Crippen molar-refractivity contribution in [2.45, 2.75) is 12.5 Å². The van der Waals surface area contributed by atoms with Crippen molar-refractivity contribution in [1.82, 2.24) is 14.5 Å². The van der Waals surface area contributed by atoms with Crippen LogP contribution in [0.3, 0.4) is 0 Å². The molecule has 33 heavy (non-hydrogen) atoms. The number of aromatic nitrogens is 2. The molecule has 0 aliphatic carbocycles. The van der Waals surface area contributed by atoms with E-state index in [2.05, 4.69) is 93.2 Å². The van der Waals surface area contributed by atoms with E-state index in [1.54, 1.807) is 7.11 Å². The number of benzene rings is 3. The van der Waals surface area contributed by atoms with Gasteiger partial charge in [-0.1, -0.05) is 60.7 Å². The van der Waals surface area contributed by atoms with Crippen LogP contribution in [0.5, 0.6) is 0 Å². The van der Waals surface area contributed by atoms with Crippen LogP contribution in [-0.2, 0) is 4.74 Å². The summed E-state index contributed by atoms with van der Waals surface area (Å²) in [5.74, 6) is 0. The third kappa shape index (κ3) is 4.80. The van der Waals surface area contributed by atoms with Gasteiger partial charge in [0.15, 0.2) is 0 Å². The molecule has 2 heterocycles. The van der Waals surface area contributed by atoms with Crippen molar-refractivity contribution in [3.63, 3.8) is 0 Å². The summed E-state index contributed by atoms with van der Waals surface area (Å²) in [5.41, 5.74) is 6.00. The maximum absolute atomic E-state index is 5.28. The molecule has 1 saturated heterocycles. The van der Waals surface area contributed by atoms with E-state index in [0.29, 0.717) is 0 Å². The predicted octanol–water partition coefficient (Wildman–Crippen LogP) is 4.83. The topological polar surface area (TPSA) is 33.5 Å². The van der Waals surface area contributed by atoms with Gasteiger partial charge in [0, 0.05) is 39.0 Å². The highest BCUT2D eigenvalue weighted by atomic mass is 16.5. The maximum atomic E-state index is 5.28. The van der Waals surface area contributed by atoms with E-state index in [4.69, 9.17) is 9.72 Å². The lowest BCUT2D eigenvalue weighted by molar-refractivity contribution is 0.152. The molecule has 4 aromatic rings. The Labute approximate surface area is 196 Å². The van der Waals surface area contributed by atoms with Gasteiger partial charge in [-0.25, -0.2) is 4.98 Å². The third-order valence-corrected chi connectivity index (χ3v) is 6.63. The Morgan fingerprint density at radius 3 is 2.27 bits per heavy atom. The van der Waals surface area contributed by atoms with Crippen LogP contribution in [-0.4, -0.2) is 60.9 Å². The Morgan fingerprint density at radius 2 is 1.58 bits per heavy atom. The summed E-state index contributed by atoms with van der Waals surface area (Å²) in [4.78, 5) is 9.79. The molecule has 0 amide bonds. The number of imidazole rings is 1. The van der Waals surface area contributed by atoms with Gasteiger partial charge in [-0.3, -0.25) is 4.90 Å². The Balaban J connectivity index is 1.49. The molecule has 0 saturated carbocycles. The van der Waals surface area contributed by atoms with Gasteiger partial charge < -0.3 is 14.2 Å². The number of hydrogen-bond donors (Lipinski definition) is 0. The first kappa shape index (κ1) is 21.7. The molecule has 1 aromatic heterocycles. The van der Waals surface area contributed by atoms with E-state index in [-0.39, 0.29) is 6.04 Å². The van der Waals surface area contributed by atoms with Gasteiger partial charge in [0.1, 0.15) is 0 Å². The van der Waals surface area contributed by atoms with Crippen LogP contribution in [0.1, 0.15) is 23.6 Å². The second-order valence-corrected chi connectivity index (χ2v) is 8.72. The standard InChI is InChI=1S/C28H32N4O/c1-33-20-19-30-15-8-16-31(18-17-30)25-13-14-26-27(21-25)32(22-29-26)28(23-9-4-2-5-10-23)24-11-6-3-7-12-24/h2-7,9-14,21-22,28H,8,15-20H2,1H3. The average Bonchev–Trinajstić information content (AvgIpc) is 3.13. The highest BCUT2D eigenvalue weighted by Crippen LogP contribution is 2.31. The number of ether oxygens (including phenoxy) is 1. The Bertz CT molecular complexity index is 1120. The van der Waals surface area contributed by atoms with Crippen LogP contribution < -0.4 is 4.90 Å². The summed E-state index contributed by atoms with van der Waals surface area (Å²) in [6.45, 7) is 6.10. The fourth-order valence-electron chi connectivity index (χ4n) is 4.87. The van der Waals surface area contributed by atoms with Crippen LogP contribution in [0.25, 0.3) is 11.0 Å². The van der Waals surface area contributed by atoms with Crippen molar-refractivity contribution in [2.75, 3.05) is 51.3 Å². The SMILES string of the molecule is COCCN1CCCN(c2ccc3ncn(C(c4ccccc4)c4ccccc4)c3c2)CC1. The maximum Gasteiger partial charge on any atom is 0.0966 e. The molecule has 1 aliphatic rings. The minimum Gasteiger partial charge on any atom is -0.383 e. The number of nitrogens with zero attached hydrogens (tertiary/aromatic N) is 4. The second kappa shape index (κ2) is 10.2. The summed E-state index contributed by atoms with van der Waals surface area (Å²) in [5, 5.41) is 0. The molecule has 5 heteroatoms. The highest BCUT2D eigenvalue weighted by molar-refractivity contribution is 5.80. The zero-order valence-electron chi connectivity index (χ0n) is 19.3. The second-order valence-electron chi connectivity index (χ2n) is 8.72. The van der Waals surface area contributed by atoms with E-state index >= 15 is 0 Å². The summed E-state index contributed by atoms with van der Waals surface area (Å²) in [7, 11) is 1.78. The Kier molecular flexibility index (Phi) is 6.70. The lowest BCUT2D eigenvalue weighted by atomic mass is 9.98. The predicted molar refractivity (Wildman–Crippen MR) is 135 cm³/mol. The molecule has 0 spiro atoms. The Morgan fingerprint density at radius 1 is 0.848 bits per heavy atom. The fourth-order valence-corrected chi connectivity index (χ4v) is 4.87. The lowest BCUT2D eigenvalue weighted by Gasteiger charge is -2.25. The number of rotatable bonds is 7. The average molecular weight is 441 g/mol. The largest absolute Gasteiger partial charge is 0.383 e. The molecular weight excluding hydrogens is 408 g/mol. The van der Waals surface area contributed by atoms with Crippen molar-refractivity contribution in [3.05, 3.63) is 96.3 Å². The molecule has 5 nitrogen and oxygen atoms in total. The monoisotopic (exact) mass is 440 g/mol. The van der Waals surface area contributed by atoms with Crippen molar-refractivity contribution in [3.8, 4) is 0 Å². The van der Waals surface area contributed by atoms with Crippen LogP contribution in [0.2, 0.25) is 0 Å². The van der Waals surface area contributed by atoms with Crippen LogP contribution >= 0.6 is 0 Å². The van der Waals surface area contributed by atoms with E-state index < -0.39 is 0 Å². The van der Waals surface area contributed by atoms with E-state index in [0.717, 1.165) is 51.3 Å². The van der Waals surface area contributed by atoms with E-state index in [9.17, 15) is 0 Å². The van der Waals surface area contributed by atoms with Gasteiger partial charge in [-0.2, -0.15) is 0 Å². The van der Waals surface area contributed by atoms with Crippen LogP contribution in [0, 0.1) is 0 Å². The normalized spacial score (nSPS) is 15.3. The first-order valence-electron chi connectivity index (χ1n) is 11.9. The summed E-state index contributed by atoms with van der Waals surface area (Å²) in [6.07, 6.45) is 3.16. The number of fused-ring (bicyclic) bond motifs is 1. The minimum absolute atomic E-state index is 0.0846. The third-order valence-electron chi connectivity index (χ3n) is 6.63. The van der Waals surface area contributed by atoms with Crippen molar-refractivity contribution in [2.24, 2.45) is 0 Å². The Hall–Kier alpha value is -3.15. The molecule has 0 radical (unpaired) electrons. The smallest absolute Gasteiger partial charge is 0.0966 e. The zero-order chi connectivity index (χ0) is 22.5. The molecule has 1 aliphatic heterocycles. The van der Waals surface area contributed by atoms with E-state index in [1.165, 1.54) is 22.3 Å².